The molecule has 0 aliphatic carbocycles. The van der Waals surface area contributed by atoms with E-state index in [0.717, 1.165) is 9.87 Å². The second-order valence-electron chi connectivity index (χ2n) is 6.89. The van der Waals surface area contributed by atoms with E-state index in [-0.39, 0.29) is 4.90 Å². The average molecular weight is 542 g/mol. The van der Waals surface area contributed by atoms with Crippen molar-refractivity contribution < 1.29 is 13.2 Å². The molecule has 0 aliphatic rings. The summed E-state index contributed by atoms with van der Waals surface area (Å²) in [6.07, 6.45) is 0. The quantitative estimate of drug-likeness (QED) is 0.403. The molecule has 0 radical (unpaired) electrons. The number of nitrogens with zero attached hydrogens (tertiary/aromatic N) is 1. The molecule has 3 rings (SSSR count). The third-order valence-electron chi connectivity index (χ3n) is 4.61. The molecule has 0 fully saturated rings. The molecule has 0 atom stereocenters. The van der Waals surface area contributed by atoms with Crippen LogP contribution in [-0.4, -0.2) is 20.9 Å². The Hall–Kier alpha value is -2.06. The number of hydrogen-bond donors (Lipinski definition) is 1. The van der Waals surface area contributed by atoms with E-state index in [2.05, 4.69) is 21.2 Å². The molecule has 162 valence electrons. The van der Waals surface area contributed by atoms with Crippen LogP contribution in [0.2, 0.25) is 10.0 Å². The Labute approximate surface area is 200 Å². The number of amides is 1. The van der Waals surface area contributed by atoms with Gasteiger partial charge in [-0.05, 0) is 77.8 Å². The van der Waals surface area contributed by atoms with Crippen LogP contribution in [0, 0.1) is 13.8 Å². The molecular weight excluding hydrogens is 523 g/mol. The van der Waals surface area contributed by atoms with Gasteiger partial charge < -0.3 is 5.32 Å². The highest BCUT2D eigenvalue weighted by molar-refractivity contribution is 9.10. The first-order valence-corrected chi connectivity index (χ1v) is 12.2. The van der Waals surface area contributed by atoms with Crippen LogP contribution in [0.25, 0.3) is 0 Å². The first kappa shape index (κ1) is 23.6. The van der Waals surface area contributed by atoms with Gasteiger partial charge in [0, 0.05) is 15.2 Å². The molecule has 31 heavy (non-hydrogen) atoms. The SMILES string of the molecule is Cc1ccc(S(=O)(=O)N(CC(=O)Nc2ccc(Br)c(Cl)c2)c2cccc(Cl)c2C)cc1. The summed E-state index contributed by atoms with van der Waals surface area (Å²) < 4.78 is 28.7. The summed E-state index contributed by atoms with van der Waals surface area (Å²) in [4.78, 5) is 12.9. The third kappa shape index (κ3) is 5.41. The molecule has 0 unspecified atom stereocenters. The van der Waals surface area contributed by atoms with Gasteiger partial charge in [0.2, 0.25) is 5.91 Å². The molecule has 1 N–H and O–H groups in total. The molecule has 3 aromatic carbocycles. The van der Waals surface area contributed by atoms with E-state index in [4.69, 9.17) is 23.2 Å². The average Bonchev–Trinajstić information content (AvgIpc) is 2.71. The Balaban J connectivity index is 1.99. The van der Waals surface area contributed by atoms with E-state index >= 15 is 0 Å². The van der Waals surface area contributed by atoms with E-state index in [1.54, 1.807) is 55.5 Å². The summed E-state index contributed by atoms with van der Waals surface area (Å²) in [5.41, 5.74) is 2.26. The van der Waals surface area contributed by atoms with Crippen LogP contribution in [0.15, 0.2) is 70.0 Å². The van der Waals surface area contributed by atoms with Crippen molar-refractivity contribution >= 4 is 66.4 Å². The number of aryl methyl sites for hydroxylation is 1. The molecule has 0 spiro atoms. The monoisotopic (exact) mass is 540 g/mol. The smallest absolute Gasteiger partial charge is 0.264 e. The molecular formula is C22H19BrCl2N2O3S. The first-order valence-electron chi connectivity index (χ1n) is 9.19. The van der Waals surface area contributed by atoms with Crippen molar-refractivity contribution in [2.24, 2.45) is 0 Å². The predicted molar refractivity (Wildman–Crippen MR) is 130 cm³/mol. The van der Waals surface area contributed by atoms with Crippen LogP contribution in [0.1, 0.15) is 11.1 Å². The van der Waals surface area contributed by atoms with E-state index in [0.29, 0.717) is 31.5 Å². The summed E-state index contributed by atoms with van der Waals surface area (Å²) in [6, 6.07) is 16.3. The lowest BCUT2D eigenvalue weighted by atomic mass is 10.2. The molecule has 0 heterocycles. The Morgan fingerprint density at radius 3 is 2.32 bits per heavy atom. The van der Waals surface area contributed by atoms with Crippen molar-refractivity contribution in [1.82, 2.24) is 0 Å². The summed E-state index contributed by atoms with van der Waals surface area (Å²) in [7, 11) is -4.03. The van der Waals surface area contributed by atoms with Gasteiger partial charge in [-0.15, -0.1) is 0 Å². The topological polar surface area (TPSA) is 66.5 Å². The molecule has 0 saturated carbocycles. The van der Waals surface area contributed by atoms with Gasteiger partial charge in [0.05, 0.1) is 15.6 Å². The van der Waals surface area contributed by atoms with Crippen LogP contribution >= 0.6 is 39.1 Å². The lowest BCUT2D eigenvalue weighted by molar-refractivity contribution is -0.114. The maximum absolute atomic E-state index is 13.5. The zero-order chi connectivity index (χ0) is 22.8. The number of halogens is 3. The molecule has 5 nitrogen and oxygen atoms in total. The molecule has 0 saturated heterocycles. The minimum atomic E-state index is -4.03. The van der Waals surface area contributed by atoms with Crippen LogP contribution in [-0.2, 0) is 14.8 Å². The number of anilines is 2. The maximum Gasteiger partial charge on any atom is 0.264 e. The van der Waals surface area contributed by atoms with Gasteiger partial charge in [-0.3, -0.25) is 9.10 Å². The summed E-state index contributed by atoms with van der Waals surface area (Å²) in [5.74, 6) is -0.520. The van der Waals surface area contributed by atoms with Crippen molar-refractivity contribution in [3.63, 3.8) is 0 Å². The van der Waals surface area contributed by atoms with E-state index in [1.807, 2.05) is 6.92 Å². The zero-order valence-corrected chi connectivity index (χ0v) is 20.6. The second kappa shape index (κ2) is 9.61. The standard InChI is InChI=1S/C22H19BrCl2N2O3S/c1-14-6-9-17(10-7-14)31(29,30)27(21-5-3-4-19(24)15(21)2)13-22(28)26-16-8-11-18(23)20(25)12-16/h3-12H,13H2,1-2H3,(H,26,28). The van der Waals surface area contributed by atoms with Crippen LogP contribution < -0.4 is 9.62 Å². The lowest BCUT2D eigenvalue weighted by Crippen LogP contribution is -2.38. The molecule has 0 aliphatic heterocycles. The highest BCUT2D eigenvalue weighted by Crippen LogP contribution is 2.31. The largest absolute Gasteiger partial charge is 0.324 e. The minimum absolute atomic E-state index is 0.0805. The van der Waals surface area contributed by atoms with Crippen molar-refractivity contribution in [3.05, 3.63) is 86.3 Å². The van der Waals surface area contributed by atoms with E-state index < -0.39 is 22.5 Å². The summed E-state index contributed by atoms with van der Waals surface area (Å²) in [5, 5.41) is 3.52. The fourth-order valence-corrected chi connectivity index (χ4v) is 4.98. The number of carbonyl (C=O) groups is 1. The third-order valence-corrected chi connectivity index (χ3v) is 8.02. The van der Waals surface area contributed by atoms with Gasteiger partial charge in [-0.2, -0.15) is 0 Å². The Bertz CT molecular complexity index is 1230. The number of carbonyl (C=O) groups excluding carboxylic acids is 1. The lowest BCUT2D eigenvalue weighted by Gasteiger charge is -2.26. The normalized spacial score (nSPS) is 11.3. The predicted octanol–water partition coefficient (Wildman–Crippen LogP) is 6.21. The molecule has 0 aromatic heterocycles. The van der Waals surface area contributed by atoms with Crippen molar-refractivity contribution in [1.29, 1.82) is 0 Å². The number of sulfonamides is 1. The Kier molecular flexibility index (Phi) is 7.31. The molecule has 9 heteroatoms. The molecule has 0 bridgehead atoms. The van der Waals surface area contributed by atoms with Gasteiger partial charge in [0.25, 0.3) is 10.0 Å². The van der Waals surface area contributed by atoms with Crippen molar-refractivity contribution in [2.75, 3.05) is 16.2 Å². The van der Waals surface area contributed by atoms with Gasteiger partial charge in [-0.25, -0.2) is 8.42 Å². The number of hydrogen-bond acceptors (Lipinski definition) is 3. The summed E-state index contributed by atoms with van der Waals surface area (Å²) in [6.45, 7) is 3.14. The van der Waals surface area contributed by atoms with Crippen LogP contribution in [0.4, 0.5) is 11.4 Å². The molecule has 3 aromatic rings. The summed E-state index contributed by atoms with van der Waals surface area (Å²) >= 11 is 15.6. The van der Waals surface area contributed by atoms with Gasteiger partial charge >= 0.3 is 0 Å². The highest BCUT2D eigenvalue weighted by Gasteiger charge is 2.28. The van der Waals surface area contributed by atoms with Crippen LogP contribution in [0.3, 0.4) is 0 Å². The minimum Gasteiger partial charge on any atom is -0.324 e. The van der Waals surface area contributed by atoms with Crippen molar-refractivity contribution in [2.45, 2.75) is 18.7 Å². The maximum atomic E-state index is 13.5. The van der Waals surface area contributed by atoms with E-state index in [1.165, 1.54) is 12.1 Å². The van der Waals surface area contributed by atoms with Gasteiger partial charge in [-0.1, -0.05) is 47.0 Å². The Morgan fingerprint density at radius 1 is 1.00 bits per heavy atom. The van der Waals surface area contributed by atoms with Crippen molar-refractivity contribution in [3.8, 4) is 0 Å². The zero-order valence-electron chi connectivity index (χ0n) is 16.7. The van der Waals surface area contributed by atoms with Gasteiger partial charge in [0.1, 0.15) is 6.54 Å². The fourth-order valence-electron chi connectivity index (χ4n) is 2.91. The number of benzene rings is 3. The Morgan fingerprint density at radius 2 is 1.68 bits per heavy atom. The highest BCUT2D eigenvalue weighted by atomic mass is 79.9. The number of rotatable bonds is 6. The molecule has 1 amide bonds. The van der Waals surface area contributed by atoms with E-state index in [9.17, 15) is 13.2 Å². The second-order valence-corrected chi connectivity index (χ2v) is 10.4. The first-order chi connectivity index (χ1) is 14.6. The van der Waals surface area contributed by atoms with Gasteiger partial charge in [0.15, 0.2) is 0 Å². The number of nitrogens with one attached hydrogen (secondary N) is 1. The van der Waals surface area contributed by atoms with Crippen LogP contribution in [0.5, 0.6) is 0 Å². The fraction of sp³-hybridized carbons (Fsp3) is 0.136.